The van der Waals surface area contributed by atoms with Crippen molar-refractivity contribution in [1.82, 2.24) is 0 Å². The van der Waals surface area contributed by atoms with Crippen LogP contribution >= 0.6 is 7.82 Å². The molecule has 0 saturated carbocycles. The highest BCUT2D eigenvalue weighted by molar-refractivity contribution is 7.47. The first-order valence-electron chi connectivity index (χ1n) is 34.0. The van der Waals surface area contributed by atoms with Gasteiger partial charge >= 0.3 is 19.8 Å². The zero-order valence-electron chi connectivity index (χ0n) is 53.3. The second-order valence-corrected chi connectivity index (χ2v) is 25.6. The summed E-state index contributed by atoms with van der Waals surface area (Å²) in [6, 6.07) is 0. The molecule has 0 aliphatic rings. The second kappa shape index (κ2) is 61.3. The number of carbonyl (C=O) groups excluding carboxylic acids is 2. The quantitative estimate of drug-likeness (QED) is 0.0211. The molecule has 0 saturated heterocycles. The molecule has 1 N–H and O–H groups in total. The highest BCUT2D eigenvalue weighted by Crippen LogP contribution is 2.43. The first-order chi connectivity index (χ1) is 39.0. The van der Waals surface area contributed by atoms with Crippen LogP contribution in [0.3, 0.4) is 0 Å². The molecule has 0 amide bonds. The van der Waals surface area contributed by atoms with E-state index in [1.807, 2.05) is 21.1 Å². The molecule has 0 fully saturated rings. The molecule has 0 aliphatic carbocycles. The predicted molar refractivity (Wildman–Crippen MR) is 344 cm³/mol. The van der Waals surface area contributed by atoms with E-state index in [1.165, 1.54) is 218 Å². The molecule has 0 bridgehead atoms. The van der Waals surface area contributed by atoms with Crippen molar-refractivity contribution < 1.29 is 42.1 Å². The van der Waals surface area contributed by atoms with E-state index in [2.05, 4.69) is 74.6 Å². The number of phosphoric acid groups is 1. The third-order valence-corrected chi connectivity index (χ3v) is 16.0. The number of likely N-dealkylation sites (N-methyl/N-ethyl adjacent to an activating group) is 1. The van der Waals surface area contributed by atoms with Gasteiger partial charge in [0, 0.05) is 12.8 Å². The zero-order chi connectivity index (χ0) is 58.4. The van der Waals surface area contributed by atoms with Crippen molar-refractivity contribution in [3.63, 3.8) is 0 Å². The normalized spacial score (nSPS) is 13.5. The number of quaternary nitrogens is 1. The lowest BCUT2D eigenvalue weighted by Gasteiger charge is -2.24. The van der Waals surface area contributed by atoms with Crippen LogP contribution in [-0.2, 0) is 32.7 Å². The first kappa shape index (κ1) is 77.7. The fraction of sp³-hybridized carbons (Fsp3) is 0.829. The minimum atomic E-state index is -4.39. The minimum Gasteiger partial charge on any atom is -0.462 e. The monoisotopic (exact) mass is 1140 g/mol. The molecule has 0 radical (unpaired) electrons. The van der Waals surface area contributed by atoms with Gasteiger partial charge in [0.2, 0.25) is 0 Å². The summed E-state index contributed by atoms with van der Waals surface area (Å²) in [5.74, 6) is -0.790. The van der Waals surface area contributed by atoms with E-state index in [1.54, 1.807) is 0 Å². The van der Waals surface area contributed by atoms with Crippen LogP contribution in [0.5, 0.6) is 0 Å². The van der Waals surface area contributed by atoms with Gasteiger partial charge in [-0.15, -0.1) is 0 Å². The summed E-state index contributed by atoms with van der Waals surface area (Å²) in [6.07, 6.45) is 80.4. The smallest absolute Gasteiger partial charge is 0.462 e. The van der Waals surface area contributed by atoms with Crippen molar-refractivity contribution in [2.45, 2.75) is 328 Å². The van der Waals surface area contributed by atoms with Gasteiger partial charge in [0.25, 0.3) is 0 Å². The Labute approximate surface area is 496 Å². The van der Waals surface area contributed by atoms with E-state index in [9.17, 15) is 19.0 Å². The number of ether oxygens (including phenoxy) is 2. The molecule has 0 heterocycles. The topological polar surface area (TPSA) is 108 Å². The Morgan fingerprint density at radius 1 is 0.400 bits per heavy atom. The van der Waals surface area contributed by atoms with Crippen molar-refractivity contribution >= 4 is 19.8 Å². The molecule has 80 heavy (non-hydrogen) atoms. The highest BCUT2D eigenvalue weighted by Gasteiger charge is 2.27. The van der Waals surface area contributed by atoms with Crippen LogP contribution in [-0.4, -0.2) is 74.9 Å². The van der Waals surface area contributed by atoms with Crippen molar-refractivity contribution in [3.05, 3.63) is 60.8 Å². The van der Waals surface area contributed by atoms with Crippen molar-refractivity contribution in [2.24, 2.45) is 0 Å². The fourth-order valence-corrected chi connectivity index (χ4v) is 10.6. The van der Waals surface area contributed by atoms with Crippen molar-refractivity contribution in [3.8, 4) is 0 Å². The Bertz CT molecular complexity index is 1530. The SMILES string of the molecule is CC/C=C\C/C=C\C/C=C\C/C=C\CCCCCCCCCCCCC(=O)OC(COC(=O)CCCCCCCCCCCCCCCCCCCCCCC/C=C\CCCCCCCCCC)COP(=O)(O)OCC[N+](C)(C)C. The molecule has 0 aromatic heterocycles. The molecule has 2 unspecified atom stereocenters. The molecule has 9 nitrogen and oxygen atoms in total. The summed E-state index contributed by atoms with van der Waals surface area (Å²) in [6.45, 7) is 4.36. The van der Waals surface area contributed by atoms with Crippen LogP contribution in [0, 0.1) is 0 Å². The summed E-state index contributed by atoms with van der Waals surface area (Å²) in [5, 5.41) is 0. The Morgan fingerprint density at radius 3 is 1.07 bits per heavy atom. The maximum Gasteiger partial charge on any atom is 0.472 e. The van der Waals surface area contributed by atoms with Gasteiger partial charge in [-0.05, 0) is 77.0 Å². The maximum absolute atomic E-state index is 12.9. The van der Waals surface area contributed by atoms with E-state index in [-0.39, 0.29) is 25.6 Å². The second-order valence-electron chi connectivity index (χ2n) is 24.2. The van der Waals surface area contributed by atoms with E-state index < -0.39 is 26.5 Å². The molecule has 0 spiro atoms. The van der Waals surface area contributed by atoms with E-state index in [4.69, 9.17) is 18.5 Å². The number of allylic oxidation sites excluding steroid dienone is 10. The Morgan fingerprint density at radius 2 is 0.713 bits per heavy atom. The average Bonchev–Trinajstić information content (AvgIpc) is 3.42. The molecular formula is C70H131NO8P+. The van der Waals surface area contributed by atoms with Gasteiger partial charge in [0.1, 0.15) is 19.8 Å². The number of hydrogen-bond acceptors (Lipinski definition) is 7. The number of rotatable bonds is 63. The number of esters is 2. The van der Waals surface area contributed by atoms with Crippen LogP contribution in [0.15, 0.2) is 60.8 Å². The largest absolute Gasteiger partial charge is 0.472 e. The van der Waals surface area contributed by atoms with Gasteiger partial charge in [0.05, 0.1) is 27.7 Å². The third kappa shape index (κ3) is 64.9. The molecule has 0 rings (SSSR count). The van der Waals surface area contributed by atoms with Crippen LogP contribution in [0.4, 0.5) is 0 Å². The maximum atomic E-state index is 12.9. The Hall–Kier alpha value is -2.29. The molecule has 2 atom stereocenters. The van der Waals surface area contributed by atoms with Crippen molar-refractivity contribution in [1.29, 1.82) is 0 Å². The number of nitrogens with zero attached hydrogens (tertiary/aromatic N) is 1. The average molecular weight is 1150 g/mol. The fourth-order valence-electron chi connectivity index (χ4n) is 9.83. The lowest BCUT2D eigenvalue weighted by Crippen LogP contribution is -2.37. The number of unbranched alkanes of at least 4 members (excludes halogenated alkanes) is 39. The van der Waals surface area contributed by atoms with Gasteiger partial charge in [-0.25, -0.2) is 4.57 Å². The van der Waals surface area contributed by atoms with Crippen LogP contribution in [0.1, 0.15) is 322 Å². The number of phosphoric ester groups is 1. The van der Waals surface area contributed by atoms with E-state index in [0.29, 0.717) is 23.9 Å². The molecular weight excluding hydrogens is 1010 g/mol. The third-order valence-electron chi connectivity index (χ3n) is 15.0. The number of hydrogen-bond donors (Lipinski definition) is 1. The van der Waals surface area contributed by atoms with Gasteiger partial charge in [0.15, 0.2) is 6.10 Å². The van der Waals surface area contributed by atoms with Crippen LogP contribution in [0.2, 0.25) is 0 Å². The predicted octanol–water partition coefficient (Wildman–Crippen LogP) is 21.8. The molecule has 468 valence electrons. The molecule has 0 aliphatic heterocycles. The Kier molecular flexibility index (Phi) is 59.5. The van der Waals surface area contributed by atoms with Gasteiger partial charge in [-0.3, -0.25) is 18.6 Å². The summed E-state index contributed by atoms with van der Waals surface area (Å²) in [7, 11) is 1.48. The minimum absolute atomic E-state index is 0.0306. The first-order valence-corrected chi connectivity index (χ1v) is 35.5. The van der Waals surface area contributed by atoms with Gasteiger partial charge in [-0.2, -0.15) is 0 Å². The summed E-state index contributed by atoms with van der Waals surface area (Å²) >= 11 is 0. The van der Waals surface area contributed by atoms with Crippen LogP contribution in [0.25, 0.3) is 0 Å². The lowest BCUT2D eigenvalue weighted by molar-refractivity contribution is -0.870. The summed E-state index contributed by atoms with van der Waals surface area (Å²) in [4.78, 5) is 35.8. The molecule has 0 aromatic carbocycles. The highest BCUT2D eigenvalue weighted by atomic mass is 31.2. The standard InChI is InChI=1S/C70H130NO8P/c1-6-8-10-12-14-16-18-20-22-24-26-28-30-31-32-33-34-35-36-37-38-39-41-42-44-46-48-50-52-54-56-58-60-62-69(72)76-66-68(67-78-80(74,75)77-65-64-71(3,4)5)79-70(73)63-61-59-57-55-53-51-49-47-45-43-40-29-27-25-23-21-19-17-15-13-11-9-7-2/h9,11,15,17,21,23-24,26-27,29,68H,6-8,10,12-14,16,18-20,22,25,28,30-67H2,1-5H3/p+1/b11-9-,17-15-,23-21-,26-24-,29-27-. The summed E-state index contributed by atoms with van der Waals surface area (Å²) < 4.78 is 34.7. The van der Waals surface area contributed by atoms with E-state index >= 15 is 0 Å². The van der Waals surface area contributed by atoms with E-state index in [0.717, 1.165) is 70.6 Å². The van der Waals surface area contributed by atoms with Crippen molar-refractivity contribution in [2.75, 3.05) is 47.5 Å². The Balaban J connectivity index is 4.00. The van der Waals surface area contributed by atoms with Gasteiger partial charge in [-0.1, -0.05) is 293 Å². The number of carbonyl (C=O) groups is 2. The van der Waals surface area contributed by atoms with Gasteiger partial charge < -0.3 is 18.9 Å². The molecule has 0 aromatic rings. The zero-order valence-corrected chi connectivity index (χ0v) is 54.2. The molecule has 10 heteroatoms. The summed E-state index contributed by atoms with van der Waals surface area (Å²) in [5.41, 5.74) is 0. The lowest BCUT2D eigenvalue weighted by atomic mass is 10.0. The van der Waals surface area contributed by atoms with Crippen LogP contribution < -0.4 is 0 Å².